The van der Waals surface area contributed by atoms with Crippen LogP contribution in [0.3, 0.4) is 0 Å². The smallest absolute Gasteiger partial charge is 0.329 e. The topological polar surface area (TPSA) is 82.9 Å². The van der Waals surface area contributed by atoms with Crippen molar-refractivity contribution < 1.29 is 19.1 Å². The third-order valence-electron chi connectivity index (χ3n) is 7.82. The minimum atomic E-state index is -1.68. The molecular formula is C32H30BrN3O4. The molecule has 2 heterocycles. The minimum absolute atomic E-state index is 0.117. The number of ketones is 1. The molecule has 0 saturated carbocycles. The van der Waals surface area contributed by atoms with Crippen molar-refractivity contribution in [3.63, 3.8) is 0 Å². The van der Waals surface area contributed by atoms with Crippen molar-refractivity contribution in [2.75, 3.05) is 37.6 Å². The third kappa shape index (κ3) is 4.25. The van der Waals surface area contributed by atoms with Gasteiger partial charge in [-0.2, -0.15) is 5.26 Å². The summed E-state index contributed by atoms with van der Waals surface area (Å²) in [6.07, 6.45) is 3.78. The lowest BCUT2D eigenvalue weighted by Crippen LogP contribution is -2.47. The molecule has 0 N–H and O–H groups in total. The summed E-state index contributed by atoms with van der Waals surface area (Å²) in [4.78, 5) is 32.4. The van der Waals surface area contributed by atoms with Crippen molar-refractivity contribution in [2.45, 2.75) is 24.9 Å². The molecule has 0 unspecified atom stereocenters. The predicted molar refractivity (Wildman–Crippen MR) is 159 cm³/mol. The van der Waals surface area contributed by atoms with Crippen molar-refractivity contribution in [2.24, 2.45) is 5.41 Å². The molecule has 0 radical (unpaired) electrons. The molecule has 204 valence electrons. The number of benzene rings is 3. The number of nitrogens with zero attached hydrogens (tertiary/aromatic N) is 3. The molecule has 2 aliphatic rings. The Bertz CT molecular complexity index is 1530. The number of Topliss-reactive ketones (excluding diaryl/α,β-unsaturated/α-hetero) is 1. The van der Waals surface area contributed by atoms with Gasteiger partial charge in [-0.3, -0.25) is 9.59 Å². The fourth-order valence-electron chi connectivity index (χ4n) is 5.96. The summed E-state index contributed by atoms with van der Waals surface area (Å²) in [6.45, 7) is 1.84. The highest BCUT2D eigenvalue weighted by Crippen LogP contribution is 2.56. The van der Waals surface area contributed by atoms with Crippen LogP contribution in [0.1, 0.15) is 34.3 Å². The van der Waals surface area contributed by atoms with Gasteiger partial charge in [0.15, 0.2) is 11.2 Å². The van der Waals surface area contributed by atoms with Crippen molar-refractivity contribution in [1.82, 2.24) is 0 Å². The molecule has 5 rings (SSSR count). The first-order valence-corrected chi connectivity index (χ1v) is 13.9. The quantitative estimate of drug-likeness (QED) is 0.249. The van der Waals surface area contributed by atoms with Crippen molar-refractivity contribution in [3.8, 4) is 11.8 Å². The maximum absolute atomic E-state index is 14.6. The van der Waals surface area contributed by atoms with Gasteiger partial charge < -0.3 is 19.3 Å². The molecular weight excluding hydrogens is 570 g/mol. The number of hydrogen-bond donors (Lipinski definition) is 0. The number of hydrogen-bond acceptors (Lipinski definition) is 7. The summed E-state index contributed by atoms with van der Waals surface area (Å²) in [5.74, 6) is -1.06. The van der Waals surface area contributed by atoms with Crippen LogP contribution in [0.5, 0.6) is 5.75 Å². The summed E-state index contributed by atoms with van der Waals surface area (Å²) >= 11 is 3.51. The van der Waals surface area contributed by atoms with Crippen LogP contribution in [0.15, 0.2) is 77.3 Å². The van der Waals surface area contributed by atoms with Crippen LogP contribution in [0.4, 0.5) is 11.4 Å². The molecule has 3 aromatic rings. The second kappa shape index (κ2) is 10.8. The molecule has 0 aromatic heterocycles. The number of halogens is 1. The monoisotopic (exact) mass is 599 g/mol. The van der Waals surface area contributed by atoms with Gasteiger partial charge in [0, 0.05) is 37.0 Å². The average Bonchev–Trinajstić information content (AvgIpc) is 3.28. The Morgan fingerprint density at radius 3 is 2.45 bits per heavy atom. The summed E-state index contributed by atoms with van der Waals surface area (Å²) < 4.78 is 11.6. The van der Waals surface area contributed by atoms with Gasteiger partial charge in [0.2, 0.25) is 0 Å². The van der Waals surface area contributed by atoms with Gasteiger partial charge in [0.25, 0.3) is 0 Å². The Morgan fingerprint density at radius 2 is 1.82 bits per heavy atom. The third-order valence-corrected chi connectivity index (χ3v) is 8.44. The second-order valence-electron chi connectivity index (χ2n) is 10.1. The van der Waals surface area contributed by atoms with E-state index in [2.05, 4.69) is 22.0 Å². The zero-order valence-corrected chi connectivity index (χ0v) is 24.4. The summed E-state index contributed by atoms with van der Waals surface area (Å²) in [5.41, 5.74) is 2.14. The highest BCUT2D eigenvalue weighted by atomic mass is 79.9. The van der Waals surface area contributed by atoms with Gasteiger partial charge in [-0.1, -0.05) is 42.5 Å². The number of carbonyl (C=O) groups excluding carboxylic acids is 2. The first-order valence-electron chi connectivity index (χ1n) is 13.1. The molecule has 0 aliphatic carbocycles. The van der Waals surface area contributed by atoms with Gasteiger partial charge >= 0.3 is 5.97 Å². The summed E-state index contributed by atoms with van der Waals surface area (Å²) in [6, 6.07) is 21.4. The fraction of sp³-hybridized carbons (Fsp3) is 0.281. The number of anilines is 2. The van der Waals surface area contributed by atoms with E-state index in [-0.39, 0.29) is 12.4 Å². The molecule has 4 atom stereocenters. The molecule has 0 amide bonds. The molecule has 2 aliphatic heterocycles. The van der Waals surface area contributed by atoms with Gasteiger partial charge in [0.1, 0.15) is 11.8 Å². The molecule has 1 saturated heterocycles. The Labute approximate surface area is 242 Å². The standard InChI is InChI=1S/C32H30BrN3O4/c1-5-40-31(38)32(19-34)27-17-13-20-8-6-7-9-25(20)36(27)29(28(32)21-10-14-23(15-11-21)35(2)3)30(37)22-12-16-26(39-4)24(33)18-22/h6-18,27-29H,5H2,1-4H3/t27-,28-,29-,32+/m0/s1. The number of ether oxygens (including phenoxy) is 2. The highest BCUT2D eigenvalue weighted by molar-refractivity contribution is 9.10. The summed E-state index contributed by atoms with van der Waals surface area (Å²) in [5, 5.41) is 10.9. The molecule has 1 fully saturated rings. The molecule has 7 nitrogen and oxygen atoms in total. The zero-order valence-electron chi connectivity index (χ0n) is 22.8. The molecule has 0 bridgehead atoms. The number of esters is 1. The lowest BCUT2D eigenvalue weighted by atomic mass is 9.68. The minimum Gasteiger partial charge on any atom is -0.496 e. The van der Waals surface area contributed by atoms with E-state index in [1.807, 2.05) is 84.6 Å². The van der Waals surface area contributed by atoms with Crippen molar-refractivity contribution in [1.29, 1.82) is 5.26 Å². The van der Waals surface area contributed by atoms with E-state index in [0.717, 1.165) is 16.9 Å². The second-order valence-corrected chi connectivity index (χ2v) is 10.9. The first-order chi connectivity index (χ1) is 19.3. The van der Waals surface area contributed by atoms with Crippen LogP contribution >= 0.6 is 15.9 Å². The lowest BCUT2D eigenvalue weighted by Gasteiger charge is -2.36. The van der Waals surface area contributed by atoms with Gasteiger partial charge in [-0.25, -0.2) is 0 Å². The van der Waals surface area contributed by atoms with Gasteiger partial charge in [-0.15, -0.1) is 0 Å². The van der Waals surface area contributed by atoms with E-state index in [0.29, 0.717) is 21.3 Å². The Balaban J connectivity index is 1.78. The number of carbonyl (C=O) groups is 2. The van der Waals surface area contributed by atoms with E-state index in [1.165, 1.54) is 0 Å². The number of methoxy groups -OCH3 is 1. The van der Waals surface area contributed by atoms with E-state index >= 15 is 0 Å². The van der Waals surface area contributed by atoms with E-state index in [1.54, 1.807) is 32.2 Å². The van der Waals surface area contributed by atoms with E-state index in [4.69, 9.17) is 9.47 Å². The van der Waals surface area contributed by atoms with Crippen LogP contribution in [0.2, 0.25) is 0 Å². The van der Waals surface area contributed by atoms with Crippen LogP contribution in [0.25, 0.3) is 6.08 Å². The number of rotatable bonds is 7. The normalized spacial score (nSPS) is 22.6. The Kier molecular flexibility index (Phi) is 7.43. The number of nitriles is 1. The molecule has 0 spiro atoms. The van der Waals surface area contributed by atoms with Crippen LogP contribution in [-0.2, 0) is 9.53 Å². The number of para-hydroxylation sites is 1. The Hall–Kier alpha value is -4.09. The zero-order chi connectivity index (χ0) is 28.6. The Morgan fingerprint density at radius 1 is 1.10 bits per heavy atom. The van der Waals surface area contributed by atoms with Crippen LogP contribution in [-0.4, -0.2) is 51.6 Å². The van der Waals surface area contributed by atoms with E-state index in [9.17, 15) is 14.9 Å². The fourth-order valence-corrected chi connectivity index (χ4v) is 6.50. The lowest BCUT2D eigenvalue weighted by molar-refractivity contribution is -0.152. The SMILES string of the molecule is CCOC(=O)[C@]1(C#N)[C@@H]2C=Cc3ccccc3N2[C@H](C(=O)c2ccc(OC)c(Br)c2)[C@@H]1c1ccc(N(C)C)cc1. The maximum atomic E-state index is 14.6. The molecule has 8 heteroatoms. The highest BCUT2D eigenvalue weighted by Gasteiger charge is 2.67. The molecule has 3 aromatic carbocycles. The van der Waals surface area contributed by atoms with E-state index < -0.39 is 29.4 Å². The van der Waals surface area contributed by atoms with Crippen molar-refractivity contribution in [3.05, 3.63) is 94.0 Å². The van der Waals surface area contributed by atoms with Gasteiger partial charge in [-0.05, 0) is 70.4 Å². The average molecular weight is 601 g/mol. The molecule has 40 heavy (non-hydrogen) atoms. The van der Waals surface area contributed by atoms with Crippen molar-refractivity contribution >= 4 is 45.1 Å². The van der Waals surface area contributed by atoms with Gasteiger partial charge in [0.05, 0.1) is 30.3 Å². The largest absolute Gasteiger partial charge is 0.496 e. The van der Waals surface area contributed by atoms with Crippen LogP contribution < -0.4 is 14.5 Å². The predicted octanol–water partition coefficient (Wildman–Crippen LogP) is 5.85. The van der Waals surface area contributed by atoms with Crippen LogP contribution in [0, 0.1) is 16.7 Å². The summed E-state index contributed by atoms with van der Waals surface area (Å²) in [7, 11) is 5.45. The first kappa shape index (κ1) is 27.5. The maximum Gasteiger partial charge on any atom is 0.329 e. The number of fused-ring (bicyclic) bond motifs is 3.